The highest BCUT2D eigenvalue weighted by Gasteiger charge is 2.22. The van der Waals surface area contributed by atoms with Crippen molar-refractivity contribution in [3.05, 3.63) is 60.4 Å². The number of aromatic nitrogens is 3. The molecule has 4 rings (SSSR count). The van der Waals surface area contributed by atoms with E-state index in [0.717, 1.165) is 23.0 Å². The van der Waals surface area contributed by atoms with Crippen LogP contribution in [0.3, 0.4) is 0 Å². The Bertz CT molecular complexity index is 1320. The molecule has 0 aliphatic heterocycles. The van der Waals surface area contributed by atoms with Crippen LogP contribution in [0.1, 0.15) is 60.4 Å². The van der Waals surface area contributed by atoms with Crippen LogP contribution in [0.2, 0.25) is 0 Å². The Balaban J connectivity index is 1.44. The first kappa shape index (κ1) is 23.9. The molecular formula is C25H26N4O6. The fourth-order valence-electron chi connectivity index (χ4n) is 3.87. The summed E-state index contributed by atoms with van der Waals surface area (Å²) in [5.74, 6) is 1.27. The molecule has 0 saturated carbocycles. The third-order valence-electron chi connectivity index (χ3n) is 5.60. The van der Waals surface area contributed by atoms with Crippen LogP contribution >= 0.6 is 0 Å². The molecule has 0 saturated heterocycles. The second-order valence-corrected chi connectivity index (χ2v) is 8.12. The van der Waals surface area contributed by atoms with Gasteiger partial charge in [0.05, 0.1) is 30.6 Å². The number of fused-ring (bicyclic) bond motifs is 1. The lowest BCUT2D eigenvalue weighted by atomic mass is 10.1. The highest BCUT2D eigenvalue weighted by atomic mass is 16.5. The van der Waals surface area contributed by atoms with E-state index in [9.17, 15) is 14.7 Å². The normalized spacial score (nSPS) is 11.9. The molecule has 4 aromatic rings. The lowest BCUT2D eigenvalue weighted by molar-refractivity contribution is 0.0945. The molecule has 3 heterocycles. The number of aryl methyl sites for hydroxylation is 1. The number of nitrogens with zero attached hydrogens (tertiary/aromatic N) is 3. The van der Waals surface area contributed by atoms with E-state index in [1.54, 1.807) is 13.3 Å². The maximum absolute atomic E-state index is 12.0. The highest BCUT2D eigenvalue weighted by Crippen LogP contribution is 2.35. The van der Waals surface area contributed by atoms with Crippen LogP contribution in [0.15, 0.2) is 51.8 Å². The number of hydrogen-bond acceptors (Lipinski definition) is 8. The van der Waals surface area contributed by atoms with Crippen LogP contribution in [0, 0.1) is 6.92 Å². The number of carbonyl (C=O) groups is 2. The van der Waals surface area contributed by atoms with Crippen molar-refractivity contribution in [1.82, 2.24) is 20.3 Å². The Labute approximate surface area is 201 Å². The largest absolute Gasteiger partial charge is 0.496 e. The van der Waals surface area contributed by atoms with Gasteiger partial charge in [0.25, 0.3) is 5.89 Å². The number of methoxy groups -OCH3 is 1. The summed E-state index contributed by atoms with van der Waals surface area (Å²) in [4.78, 5) is 36.1. The molecule has 0 spiro atoms. The van der Waals surface area contributed by atoms with Crippen LogP contribution in [-0.4, -0.2) is 39.0 Å². The van der Waals surface area contributed by atoms with Gasteiger partial charge >= 0.3 is 6.09 Å². The van der Waals surface area contributed by atoms with Crippen LogP contribution in [0.5, 0.6) is 5.75 Å². The number of carboxylic acid groups (broad SMARTS) is 1. The number of pyridine rings is 1. The summed E-state index contributed by atoms with van der Waals surface area (Å²) in [5.41, 5.74) is 2.40. The number of rotatable bonds is 11. The summed E-state index contributed by atoms with van der Waals surface area (Å²) in [6.45, 7) is 1.92. The average molecular weight is 479 g/mol. The predicted octanol–water partition coefficient (Wildman–Crippen LogP) is 5.34. The Kier molecular flexibility index (Phi) is 7.39. The smallest absolute Gasteiger partial charge is 0.405 e. The van der Waals surface area contributed by atoms with E-state index in [-0.39, 0.29) is 17.6 Å². The van der Waals surface area contributed by atoms with Gasteiger partial charge in [0.1, 0.15) is 18.1 Å². The number of nitrogens with one attached hydrogen (secondary N) is 1. The van der Waals surface area contributed by atoms with Crippen LogP contribution in [0.4, 0.5) is 4.79 Å². The first-order valence-electron chi connectivity index (χ1n) is 11.3. The summed E-state index contributed by atoms with van der Waals surface area (Å²) in [6.07, 6.45) is 6.02. The van der Waals surface area contributed by atoms with Crippen LogP contribution in [0.25, 0.3) is 22.2 Å². The molecule has 1 aromatic carbocycles. The van der Waals surface area contributed by atoms with Crippen molar-refractivity contribution < 1.29 is 28.3 Å². The van der Waals surface area contributed by atoms with Crippen molar-refractivity contribution in [1.29, 1.82) is 0 Å². The van der Waals surface area contributed by atoms with Gasteiger partial charge in [0.2, 0.25) is 11.7 Å². The standard InChI is InChI=1S/C25H26N4O6/c1-15-8-9-16-12-17(21(33-2)13-19(16)28-15)22-14-27-23(35-22)18(29-25(31)32)6-4-3-5-7-20(30)24-26-10-11-34-24/h8-14,18,29H,3-7H2,1-2H3,(H,31,32). The highest BCUT2D eigenvalue weighted by molar-refractivity contribution is 5.91. The molecule has 10 nitrogen and oxygen atoms in total. The molecule has 2 N–H and O–H groups in total. The molecule has 0 aliphatic rings. The van der Waals surface area contributed by atoms with Crippen molar-refractivity contribution >= 4 is 22.8 Å². The number of amides is 1. The van der Waals surface area contributed by atoms with E-state index in [1.807, 2.05) is 31.2 Å². The van der Waals surface area contributed by atoms with Gasteiger partial charge in [-0.25, -0.2) is 14.8 Å². The van der Waals surface area contributed by atoms with E-state index >= 15 is 0 Å². The fourth-order valence-corrected chi connectivity index (χ4v) is 3.87. The van der Waals surface area contributed by atoms with E-state index < -0.39 is 12.1 Å². The van der Waals surface area contributed by atoms with Gasteiger partial charge in [0.15, 0.2) is 5.76 Å². The molecule has 1 atom stereocenters. The molecule has 1 amide bonds. The Hall–Kier alpha value is -4.21. The van der Waals surface area contributed by atoms with Crippen LogP contribution in [-0.2, 0) is 0 Å². The monoisotopic (exact) mass is 478 g/mol. The van der Waals surface area contributed by atoms with Gasteiger partial charge in [0, 0.05) is 23.6 Å². The van der Waals surface area contributed by atoms with E-state index in [1.165, 1.54) is 12.5 Å². The topological polar surface area (TPSA) is 141 Å². The summed E-state index contributed by atoms with van der Waals surface area (Å²) < 4.78 is 16.5. The maximum atomic E-state index is 12.0. The molecule has 10 heteroatoms. The number of oxazole rings is 2. The lowest BCUT2D eigenvalue weighted by Crippen LogP contribution is -2.27. The van der Waals surface area contributed by atoms with Crippen molar-refractivity contribution in [3.8, 4) is 17.1 Å². The third kappa shape index (κ3) is 5.84. The molecular weight excluding hydrogens is 452 g/mol. The van der Waals surface area contributed by atoms with Gasteiger partial charge in [-0.3, -0.25) is 9.78 Å². The Morgan fingerprint density at radius 3 is 2.77 bits per heavy atom. The molecule has 3 aromatic heterocycles. The van der Waals surface area contributed by atoms with Gasteiger partial charge in [-0.05, 0) is 31.9 Å². The third-order valence-corrected chi connectivity index (χ3v) is 5.60. The minimum absolute atomic E-state index is 0.109. The fraction of sp³-hybridized carbons (Fsp3) is 0.320. The zero-order valence-corrected chi connectivity index (χ0v) is 19.5. The van der Waals surface area contributed by atoms with Gasteiger partial charge < -0.3 is 24.0 Å². The average Bonchev–Trinajstić information content (AvgIpc) is 3.54. The second-order valence-electron chi connectivity index (χ2n) is 8.12. The van der Waals surface area contributed by atoms with Crippen molar-refractivity contribution in [2.24, 2.45) is 0 Å². The van der Waals surface area contributed by atoms with E-state index in [0.29, 0.717) is 42.8 Å². The predicted molar refractivity (Wildman–Crippen MR) is 126 cm³/mol. The van der Waals surface area contributed by atoms with Crippen molar-refractivity contribution in [2.45, 2.75) is 45.1 Å². The summed E-state index contributed by atoms with van der Waals surface area (Å²) >= 11 is 0. The SMILES string of the molecule is COc1cc2nc(C)ccc2cc1-c1cnc(C(CCCCCC(=O)c2ncco2)NC(=O)O)o1. The quantitative estimate of drug-likeness (QED) is 0.216. The molecule has 35 heavy (non-hydrogen) atoms. The van der Waals surface area contributed by atoms with Gasteiger partial charge in [-0.2, -0.15) is 0 Å². The number of hydrogen-bond donors (Lipinski definition) is 2. The van der Waals surface area contributed by atoms with Gasteiger partial charge in [-0.1, -0.05) is 18.9 Å². The number of ether oxygens (including phenoxy) is 1. The number of ketones is 1. The molecule has 0 radical (unpaired) electrons. The zero-order chi connectivity index (χ0) is 24.8. The first-order chi connectivity index (χ1) is 16.9. The molecule has 1 unspecified atom stereocenters. The maximum Gasteiger partial charge on any atom is 0.405 e. The minimum Gasteiger partial charge on any atom is -0.496 e. The first-order valence-corrected chi connectivity index (χ1v) is 11.3. The number of unbranched alkanes of at least 4 members (excludes halogenated alkanes) is 2. The van der Waals surface area contributed by atoms with E-state index in [2.05, 4.69) is 20.3 Å². The molecule has 0 fully saturated rings. The Morgan fingerprint density at radius 2 is 2.03 bits per heavy atom. The molecule has 0 bridgehead atoms. The van der Waals surface area contributed by atoms with E-state index in [4.69, 9.17) is 13.6 Å². The number of Topliss-reactive ketones (excluding diaryl/α,β-unsaturated/α-hetero) is 1. The number of benzene rings is 1. The Morgan fingerprint density at radius 1 is 1.17 bits per heavy atom. The van der Waals surface area contributed by atoms with Crippen molar-refractivity contribution in [2.75, 3.05) is 7.11 Å². The summed E-state index contributed by atoms with van der Waals surface area (Å²) in [6, 6.07) is 7.02. The zero-order valence-electron chi connectivity index (χ0n) is 19.5. The molecule has 182 valence electrons. The summed E-state index contributed by atoms with van der Waals surface area (Å²) in [5, 5.41) is 12.7. The second kappa shape index (κ2) is 10.8. The molecule has 0 aliphatic carbocycles. The lowest BCUT2D eigenvalue weighted by Gasteiger charge is -2.13. The summed E-state index contributed by atoms with van der Waals surface area (Å²) in [7, 11) is 1.57. The minimum atomic E-state index is -1.17. The van der Waals surface area contributed by atoms with Gasteiger partial charge in [-0.15, -0.1) is 0 Å². The van der Waals surface area contributed by atoms with Crippen molar-refractivity contribution in [3.63, 3.8) is 0 Å². The van der Waals surface area contributed by atoms with Crippen LogP contribution < -0.4 is 10.1 Å². The number of carbonyl (C=O) groups excluding carboxylic acids is 1.